The van der Waals surface area contributed by atoms with Crippen molar-refractivity contribution in [1.29, 1.82) is 0 Å². The average molecular weight is 403 g/mol. The van der Waals surface area contributed by atoms with Crippen molar-refractivity contribution in [1.82, 2.24) is 5.32 Å². The van der Waals surface area contributed by atoms with Crippen molar-refractivity contribution in [3.8, 4) is 0 Å². The molecular formula is C22H46N2O4. The van der Waals surface area contributed by atoms with Crippen LogP contribution in [0.15, 0.2) is 0 Å². The van der Waals surface area contributed by atoms with Gasteiger partial charge in [0.05, 0.1) is 19.8 Å². The van der Waals surface area contributed by atoms with Crippen molar-refractivity contribution < 1.29 is 19.0 Å². The molecule has 0 aliphatic rings. The van der Waals surface area contributed by atoms with Gasteiger partial charge in [0.15, 0.2) is 0 Å². The number of carbonyl (C=O) groups excluding carboxylic acids is 1. The highest BCUT2D eigenvalue weighted by molar-refractivity contribution is 5.71. The first kappa shape index (κ1) is 27.1. The van der Waals surface area contributed by atoms with Gasteiger partial charge in [-0.15, -0.1) is 0 Å². The first-order valence-electron chi connectivity index (χ1n) is 11.5. The minimum Gasteiger partial charge on any atom is -0.352 e. The van der Waals surface area contributed by atoms with Crippen LogP contribution in [0.25, 0.3) is 0 Å². The first-order chi connectivity index (χ1) is 13.6. The summed E-state index contributed by atoms with van der Waals surface area (Å²) >= 11 is 0. The van der Waals surface area contributed by atoms with Crippen LogP contribution < -0.4 is 11.1 Å². The van der Waals surface area contributed by atoms with Gasteiger partial charge in [-0.05, 0) is 32.1 Å². The SMILES string of the molecule is CCCCCCCCC(CCNC(N)=O)C(OCCC)(OCCC)OCCC. The second kappa shape index (κ2) is 18.2. The van der Waals surface area contributed by atoms with Gasteiger partial charge in [0.1, 0.15) is 0 Å². The molecule has 0 aromatic heterocycles. The summed E-state index contributed by atoms with van der Waals surface area (Å²) in [6.45, 7) is 10.7. The molecule has 0 fully saturated rings. The first-order valence-corrected chi connectivity index (χ1v) is 11.5. The highest BCUT2D eigenvalue weighted by atomic mass is 16.9. The lowest BCUT2D eigenvalue weighted by molar-refractivity contribution is -0.406. The Bertz CT molecular complexity index is 345. The molecule has 3 N–H and O–H groups in total. The standard InChI is InChI=1S/C22H46N2O4/c1-5-9-10-11-12-13-14-20(15-16-24-21(23)25)22(26-17-6-2,27-18-7-3)28-19-8-4/h20H,5-19H2,1-4H3,(H3,23,24,25). The van der Waals surface area contributed by atoms with Gasteiger partial charge in [-0.2, -0.15) is 0 Å². The second-order valence-electron chi connectivity index (χ2n) is 7.48. The number of ether oxygens (including phenoxy) is 3. The summed E-state index contributed by atoms with van der Waals surface area (Å²) in [5.41, 5.74) is 5.25. The fourth-order valence-corrected chi connectivity index (χ4v) is 3.25. The molecule has 0 rings (SSSR count). The number of primary amides is 1. The highest BCUT2D eigenvalue weighted by Crippen LogP contribution is 2.33. The molecule has 0 saturated heterocycles. The lowest BCUT2D eigenvalue weighted by Crippen LogP contribution is -2.48. The van der Waals surface area contributed by atoms with E-state index >= 15 is 0 Å². The van der Waals surface area contributed by atoms with E-state index < -0.39 is 12.0 Å². The van der Waals surface area contributed by atoms with E-state index in [4.69, 9.17) is 19.9 Å². The number of hydrogen-bond donors (Lipinski definition) is 2. The van der Waals surface area contributed by atoms with E-state index in [1.165, 1.54) is 32.1 Å². The molecule has 0 spiro atoms. The Morgan fingerprint density at radius 2 is 1.29 bits per heavy atom. The summed E-state index contributed by atoms with van der Waals surface area (Å²) in [6.07, 6.45) is 11.8. The Morgan fingerprint density at radius 3 is 1.75 bits per heavy atom. The van der Waals surface area contributed by atoms with Gasteiger partial charge in [-0.3, -0.25) is 0 Å². The number of unbranched alkanes of at least 4 members (excludes halogenated alkanes) is 5. The Kier molecular flexibility index (Phi) is 17.6. The number of nitrogens with one attached hydrogen (secondary N) is 1. The van der Waals surface area contributed by atoms with E-state index in [0.29, 0.717) is 26.4 Å². The maximum absolute atomic E-state index is 11.1. The third kappa shape index (κ3) is 12.6. The van der Waals surface area contributed by atoms with Crippen LogP contribution in [-0.4, -0.2) is 38.4 Å². The molecule has 1 atom stereocenters. The molecule has 0 bridgehead atoms. The van der Waals surface area contributed by atoms with Crippen molar-refractivity contribution in [2.45, 2.75) is 104 Å². The summed E-state index contributed by atoms with van der Waals surface area (Å²) in [7, 11) is 0. The van der Waals surface area contributed by atoms with Crippen molar-refractivity contribution in [3.05, 3.63) is 0 Å². The summed E-state index contributed by atoms with van der Waals surface area (Å²) in [5, 5.41) is 2.71. The van der Waals surface area contributed by atoms with Crippen LogP contribution >= 0.6 is 0 Å². The van der Waals surface area contributed by atoms with Crippen LogP contribution in [0, 0.1) is 5.92 Å². The van der Waals surface area contributed by atoms with Gasteiger partial charge < -0.3 is 25.3 Å². The zero-order valence-corrected chi connectivity index (χ0v) is 18.9. The van der Waals surface area contributed by atoms with Crippen LogP contribution in [0.1, 0.15) is 98.3 Å². The molecule has 28 heavy (non-hydrogen) atoms. The molecule has 0 aliphatic heterocycles. The number of amides is 2. The number of rotatable bonds is 20. The number of urea groups is 1. The minimum absolute atomic E-state index is 0.0511. The molecule has 6 nitrogen and oxygen atoms in total. The van der Waals surface area contributed by atoms with E-state index in [0.717, 1.165) is 38.5 Å². The molecule has 0 aromatic carbocycles. The Balaban J connectivity index is 5.14. The van der Waals surface area contributed by atoms with Crippen LogP contribution in [0.3, 0.4) is 0 Å². The lowest BCUT2D eigenvalue weighted by atomic mass is 9.94. The van der Waals surface area contributed by atoms with Crippen molar-refractivity contribution in [2.24, 2.45) is 11.7 Å². The van der Waals surface area contributed by atoms with Crippen LogP contribution in [0.5, 0.6) is 0 Å². The Hall–Kier alpha value is -0.850. The van der Waals surface area contributed by atoms with Crippen molar-refractivity contribution in [3.63, 3.8) is 0 Å². The van der Waals surface area contributed by atoms with E-state index in [-0.39, 0.29) is 5.92 Å². The summed E-state index contributed by atoms with van der Waals surface area (Å²) in [5.74, 6) is -0.986. The Labute approximate surface area is 173 Å². The van der Waals surface area contributed by atoms with Crippen molar-refractivity contribution in [2.75, 3.05) is 26.4 Å². The topological polar surface area (TPSA) is 82.8 Å². The average Bonchev–Trinajstić information content (AvgIpc) is 2.69. The summed E-state index contributed by atoms with van der Waals surface area (Å²) < 4.78 is 18.6. The van der Waals surface area contributed by atoms with Gasteiger partial charge in [0.25, 0.3) is 5.97 Å². The molecule has 168 valence electrons. The van der Waals surface area contributed by atoms with Gasteiger partial charge >= 0.3 is 6.03 Å². The van der Waals surface area contributed by atoms with E-state index in [1.54, 1.807) is 0 Å². The quantitative estimate of drug-likeness (QED) is 0.212. The van der Waals surface area contributed by atoms with Crippen LogP contribution in [0.4, 0.5) is 4.79 Å². The van der Waals surface area contributed by atoms with Crippen LogP contribution in [-0.2, 0) is 14.2 Å². The molecule has 0 aliphatic carbocycles. The number of nitrogens with two attached hydrogens (primary N) is 1. The number of carbonyl (C=O) groups is 1. The zero-order valence-electron chi connectivity index (χ0n) is 18.9. The second-order valence-corrected chi connectivity index (χ2v) is 7.48. The molecule has 6 heteroatoms. The van der Waals surface area contributed by atoms with Crippen LogP contribution in [0.2, 0.25) is 0 Å². The van der Waals surface area contributed by atoms with Gasteiger partial charge in [-0.25, -0.2) is 4.79 Å². The third-order valence-electron chi connectivity index (χ3n) is 4.72. The smallest absolute Gasteiger partial charge is 0.312 e. The van der Waals surface area contributed by atoms with Gasteiger partial charge in [-0.1, -0.05) is 66.2 Å². The van der Waals surface area contributed by atoms with Gasteiger partial charge in [0, 0.05) is 12.5 Å². The fourth-order valence-electron chi connectivity index (χ4n) is 3.25. The molecule has 0 saturated carbocycles. The molecular weight excluding hydrogens is 356 g/mol. The monoisotopic (exact) mass is 402 g/mol. The van der Waals surface area contributed by atoms with E-state index in [2.05, 4.69) is 33.0 Å². The lowest BCUT2D eigenvalue weighted by Gasteiger charge is -2.40. The molecule has 1 unspecified atom stereocenters. The van der Waals surface area contributed by atoms with Gasteiger partial charge in [0.2, 0.25) is 0 Å². The minimum atomic E-state index is -1.04. The maximum atomic E-state index is 11.1. The third-order valence-corrected chi connectivity index (χ3v) is 4.72. The Morgan fingerprint density at radius 1 is 0.786 bits per heavy atom. The molecule has 2 amide bonds. The maximum Gasteiger partial charge on any atom is 0.312 e. The van der Waals surface area contributed by atoms with E-state index in [1.807, 2.05) is 0 Å². The largest absolute Gasteiger partial charge is 0.352 e. The summed E-state index contributed by atoms with van der Waals surface area (Å²) in [6, 6.07) is -0.498. The number of hydrogen-bond acceptors (Lipinski definition) is 4. The molecule has 0 heterocycles. The molecule has 0 aromatic rings. The highest BCUT2D eigenvalue weighted by Gasteiger charge is 2.42. The predicted molar refractivity (Wildman–Crippen MR) is 115 cm³/mol. The molecule has 0 radical (unpaired) electrons. The zero-order chi connectivity index (χ0) is 21.1. The predicted octanol–water partition coefficient (Wildman–Crippen LogP) is 5.35. The normalized spacial score (nSPS) is 12.9. The fraction of sp³-hybridized carbons (Fsp3) is 0.955. The van der Waals surface area contributed by atoms with E-state index in [9.17, 15) is 4.79 Å². The van der Waals surface area contributed by atoms with Crippen molar-refractivity contribution >= 4 is 6.03 Å². The summed E-state index contributed by atoms with van der Waals surface area (Å²) in [4.78, 5) is 11.1.